The Hall–Kier alpha value is -3.55. The lowest BCUT2D eigenvalue weighted by atomic mass is 10.1. The Morgan fingerprint density at radius 2 is 1.69 bits per heavy atom. The average molecular weight is 353 g/mol. The molecule has 0 aromatic heterocycles. The van der Waals surface area contributed by atoms with Crippen molar-refractivity contribution in [3.05, 3.63) is 63.7 Å². The van der Waals surface area contributed by atoms with Crippen LogP contribution in [-0.2, 0) is 9.59 Å². The minimum atomic E-state index is -0.510. The van der Waals surface area contributed by atoms with Crippen molar-refractivity contribution in [2.45, 2.75) is 19.8 Å². The van der Waals surface area contributed by atoms with Gasteiger partial charge in [-0.3, -0.25) is 29.4 Å². The molecule has 0 aliphatic carbocycles. The highest BCUT2D eigenvalue weighted by Gasteiger charge is 2.30. The summed E-state index contributed by atoms with van der Waals surface area (Å²) >= 11 is 0. The van der Waals surface area contributed by atoms with Gasteiger partial charge in [-0.05, 0) is 37.3 Å². The molecule has 0 radical (unpaired) electrons. The Bertz CT molecular complexity index is 905. The van der Waals surface area contributed by atoms with Crippen LogP contribution >= 0.6 is 0 Å². The van der Waals surface area contributed by atoms with Crippen LogP contribution in [0.3, 0.4) is 0 Å². The van der Waals surface area contributed by atoms with E-state index in [1.54, 1.807) is 13.0 Å². The third-order valence-electron chi connectivity index (χ3n) is 4.19. The average Bonchev–Trinajstić information content (AvgIpc) is 2.95. The van der Waals surface area contributed by atoms with E-state index < -0.39 is 10.8 Å². The molecule has 0 bridgehead atoms. The summed E-state index contributed by atoms with van der Waals surface area (Å²) in [5.74, 6) is -0.974. The lowest BCUT2D eigenvalue weighted by Crippen LogP contribution is -2.28. The molecule has 0 spiro atoms. The Kier molecular flexibility index (Phi) is 4.49. The number of nitrogens with one attached hydrogen (secondary N) is 1. The Morgan fingerprint density at radius 1 is 1.08 bits per heavy atom. The maximum Gasteiger partial charge on any atom is 0.274 e. The number of hydrogen-bond acceptors (Lipinski definition) is 5. The van der Waals surface area contributed by atoms with Gasteiger partial charge in [-0.15, -0.1) is 0 Å². The molecule has 0 atom stereocenters. The molecule has 1 aliphatic rings. The monoisotopic (exact) mass is 353 g/mol. The molecule has 8 heteroatoms. The first-order valence-corrected chi connectivity index (χ1v) is 7.89. The second-order valence-electron chi connectivity index (χ2n) is 5.83. The Labute approximate surface area is 148 Å². The van der Waals surface area contributed by atoms with Gasteiger partial charge in [-0.25, -0.2) is 0 Å². The van der Waals surface area contributed by atoms with E-state index in [-0.39, 0.29) is 30.3 Å². The van der Waals surface area contributed by atoms with Gasteiger partial charge in [0.1, 0.15) is 0 Å². The quantitative estimate of drug-likeness (QED) is 0.516. The van der Waals surface area contributed by atoms with Gasteiger partial charge in [-0.1, -0.05) is 6.07 Å². The summed E-state index contributed by atoms with van der Waals surface area (Å²) in [6, 6.07) is 10.5. The number of benzene rings is 2. The van der Waals surface area contributed by atoms with Gasteiger partial charge in [0.05, 0.1) is 21.9 Å². The normalized spacial score (nSPS) is 13.8. The number of imide groups is 1. The molecule has 26 heavy (non-hydrogen) atoms. The van der Waals surface area contributed by atoms with E-state index in [1.807, 2.05) is 0 Å². The molecular formula is C18H15N3O5. The molecule has 0 unspecified atom stereocenters. The molecule has 1 saturated heterocycles. The Balaban J connectivity index is 1.79. The highest BCUT2D eigenvalue weighted by molar-refractivity contribution is 6.20. The predicted octanol–water partition coefficient (Wildman–Crippen LogP) is 2.81. The van der Waals surface area contributed by atoms with E-state index in [2.05, 4.69) is 5.32 Å². The first kappa shape index (κ1) is 17.3. The number of carbonyl (C=O) groups is 3. The molecule has 1 aliphatic heterocycles. The van der Waals surface area contributed by atoms with Crippen molar-refractivity contribution < 1.29 is 19.3 Å². The number of rotatable bonds is 4. The van der Waals surface area contributed by atoms with E-state index in [4.69, 9.17) is 0 Å². The van der Waals surface area contributed by atoms with Crippen LogP contribution in [0.5, 0.6) is 0 Å². The number of nitrogens with zero attached hydrogens (tertiary/aromatic N) is 2. The zero-order valence-electron chi connectivity index (χ0n) is 13.9. The number of nitro groups is 1. The lowest BCUT2D eigenvalue weighted by molar-refractivity contribution is -0.385. The summed E-state index contributed by atoms with van der Waals surface area (Å²) in [5, 5.41) is 13.6. The third-order valence-corrected chi connectivity index (χ3v) is 4.19. The van der Waals surface area contributed by atoms with Gasteiger partial charge in [-0.2, -0.15) is 0 Å². The highest BCUT2D eigenvalue weighted by atomic mass is 16.6. The van der Waals surface area contributed by atoms with Gasteiger partial charge < -0.3 is 5.32 Å². The number of nitro benzene ring substituents is 1. The molecule has 0 saturated carbocycles. The summed E-state index contributed by atoms with van der Waals surface area (Å²) in [6.07, 6.45) is 0.375. The van der Waals surface area contributed by atoms with Crippen molar-refractivity contribution in [2.75, 3.05) is 10.2 Å². The molecule has 3 amide bonds. The first-order chi connectivity index (χ1) is 12.4. The molecule has 1 N–H and O–H groups in total. The van der Waals surface area contributed by atoms with Gasteiger partial charge in [0.25, 0.3) is 11.6 Å². The number of carbonyl (C=O) groups excluding carboxylic acids is 3. The van der Waals surface area contributed by atoms with Gasteiger partial charge in [0, 0.05) is 24.5 Å². The fourth-order valence-corrected chi connectivity index (χ4v) is 2.78. The molecule has 2 aromatic carbocycles. The SMILES string of the molecule is Cc1c(NC(=O)c2ccc(N3C(=O)CCC3=O)cc2)cccc1[N+](=O)[O-]. The van der Waals surface area contributed by atoms with Crippen LogP contribution in [0.2, 0.25) is 0 Å². The van der Waals surface area contributed by atoms with Crippen molar-refractivity contribution in [3.8, 4) is 0 Å². The zero-order chi connectivity index (χ0) is 18.8. The van der Waals surface area contributed by atoms with Gasteiger partial charge in [0.15, 0.2) is 0 Å². The van der Waals surface area contributed by atoms with Crippen molar-refractivity contribution >= 4 is 34.8 Å². The summed E-state index contributed by atoms with van der Waals surface area (Å²) in [6.45, 7) is 1.56. The van der Waals surface area contributed by atoms with E-state index in [1.165, 1.54) is 36.4 Å². The van der Waals surface area contributed by atoms with Crippen molar-refractivity contribution in [2.24, 2.45) is 0 Å². The van der Waals surface area contributed by atoms with E-state index in [0.29, 0.717) is 22.5 Å². The van der Waals surface area contributed by atoms with E-state index in [0.717, 1.165) is 4.90 Å². The number of anilines is 2. The first-order valence-electron chi connectivity index (χ1n) is 7.89. The van der Waals surface area contributed by atoms with Crippen LogP contribution in [0, 0.1) is 17.0 Å². The smallest absolute Gasteiger partial charge is 0.274 e. The molecule has 3 rings (SSSR count). The third kappa shape index (κ3) is 3.16. The largest absolute Gasteiger partial charge is 0.321 e. The summed E-state index contributed by atoms with van der Waals surface area (Å²) in [7, 11) is 0. The van der Waals surface area contributed by atoms with Crippen LogP contribution in [0.4, 0.5) is 17.1 Å². The van der Waals surface area contributed by atoms with E-state index >= 15 is 0 Å². The van der Waals surface area contributed by atoms with Gasteiger partial charge >= 0.3 is 0 Å². The fraction of sp³-hybridized carbons (Fsp3) is 0.167. The van der Waals surface area contributed by atoms with Crippen molar-refractivity contribution in [1.29, 1.82) is 0 Å². The maximum atomic E-state index is 12.4. The molecule has 1 heterocycles. The van der Waals surface area contributed by atoms with E-state index in [9.17, 15) is 24.5 Å². The molecule has 2 aromatic rings. The standard InChI is InChI=1S/C18H15N3O5/c1-11-14(3-2-4-15(11)21(25)26)19-18(24)12-5-7-13(8-6-12)20-16(22)9-10-17(20)23/h2-8H,9-10H2,1H3,(H,19,24). The van der Waals surface area contributed by atoms with Crippen molar-refractivity contribution in [3.63, 3.8) is 0 Å². The second kappa shape index (κ2) is 6.75. The zero-order valence-corrected chi connectivity index (χ0v) is 13.9. The minimum Gasteiger partial charge on any atom is -0.321 e. The highest BCUT2D eigenvalue weighted by Crippen LogP contribution is 2.26. The molecule has 1 fully saturated rings. The Morgan fingerprint density at radius 3 is 2.27 bits per heavy atom. The van der Waals surface area contributed by atoms with Crippen LogP contribution in [0.15, 0.2) is 42.5 Å². The minimum absolute atomic E-state index is 0.0794. The van der Waals surface area contributed by atoms with Crippen molar-refractivity contribution in [1.82, 2.24) is 0 Å². The predicted molar refractivity (Wildman–Crippen MR) is 94.0 cm³/mol. The molecule has 8 nitrogen and oxygen atoms in total. The van der Waals surface area contributed by atoms with Crippen LogP contribution in [-0.4, -0.2) is 22.6 Å². The second-order valence-corrected chi connectivity index (χ2v) is 5.83. The number of hydrogen-bond donors (Lipinski definition) is 1. The lowest BCUT2D eigenvalue weighted by Gasteiger charge is -2.14. The van der Waals surface area contributed by atoms with Crippen LogP contribution < -0.4 is 10.2 Å². The summed E-state index contributed by atoms with van der Waals surface area (Å²) < 4.78 is 0. The number of amides is 3. The van der Waals surface area contributed by atoms with Crippen LogP contribution in [0.1, 0.15) is 28.8 Å². The molecule has 132 valence electrons. The summed E-state index contributed by atoms with van der Waals surface area (Å²) in [4.78, 5) is 47.4. The van der Waals surface area contributed by atoms with Crippen LogP contribution in [0.25, 0.3) is 0 Å². The fourth-order valence-electron chi connectivity index (χ4n) is 2.78. The summed E-state index contributed by atoms with van der Waals surface area (Å²) in [5.41, 5.74) is 1.34. The topological polar surface area (TPSA) is 110 Å². The van der Waals surface area contributed by atoms with Gasteiger partial charge in [0.2, 0.25) is 11.8 Å². The maximum absolute atomic E-state index is 12.4. The molecular weight excluding hydrogens is 338 g/mol.